The average molecular weight is 357 g/mol. The van der Waals surface area contributed by atoms with Gasteiger partial charge in [-0.25, -0.2) is 13.1 Å². The Hall–Kier alpha value is -0.880. The number of sulfonamides is 1. The molecule has 0 radical (unpaired) electrons. The summed E-state index contributed by atoms with van der Waals surface area (Å²) in [6.07, 6.45) is 7.22. The second-order valence-corrected chi connectivity index (χ2v) is 9.66. The van der Waals surface area contributed by atoms with E-state index in [2.05, 4.69) is 31.6 Å². The van der Waals surface area contributed by atoms with Gasteiger partial charge in [0, 0.05) is 26.1 Å². The van der Waals surface area contributed by atoms with E-state index in [0.29, 0.717) is 30.7 Å². The summed E-state index contributed by atoms with van der Waals surface area (Å²) < 4.78 is 25.5. The van der Waals surface area contributed by atoms with E-state index in [4.69, 9.17) is 0 Å². The molecular weight excluding hydrogens is 324 g/mol. The molecule has 1 aliphatic carbocycles. The van der Waals surface area contributed by atoms with E-state index in [9.17, 15) is 13.2 Å². The van der Waals surface area contributed by atoms with E-state index in [0.717, 1.165) is 32.4 Å². The molecule has 0 unspecified atom stereocenters. The fourth-order valence-corrected chi connectivity index (χ4v) is 4.56. The lowest BCUT2D eigenvalue weighted by Gasteiger charge is -2.37. The second kappa shape index (κ2) is 8.00. The van der Waals surface area contributed by atoms with Crippen molar-refractivity contribution in [2.45, 2.75) is 46.5 Å². The lowest BCUT2D eigenvalue weighted by Crippen LogP contribution is -2.37. The molecule has 1 heterocycles. The molecule has 3 atom stereocenters. The molecule has 2 rings (SSSR count). The molecule has 24 heavy (non-hydrogen) atoms. The van der Waals surface area contributed by atoms with Crippen molar-refractivity contribution in [2.24, 2.45) is 23.7 Å². The zero-order valence-corrected chi connectivity index (χ0v) is 16.2. The highest BCUT2D eigenvalue weighted by Crippen LogP contribution is 2.39. The smallest absolute Gasteiger partial charge is 0.223 e. The van der Waals surface area contributed by atoms with Crippen molar-refractivity contribution in [3.63, 3.8) is 0 Å². The van der Waals surface area contributed by atoms with Crippen LogP contribution in [0.4, 0.5) is 0 Å². The van der Waals surface area contributed by atoms with Gasteiger partial charge in [-0.1, -0.05) is 25.5 Å². The number of rotatable bonds is 6. The third-order valence-electron chi connectivity index (χ3n) is 5.54. The minimum absolute atomic E-state index is 0.206. The second-order valence-electron chi connectivity index (χ2n) is 7.83. The van der Waals surface area contributed by atoms with Gasteiger partial charge in [0.1, 0.15) is 0 Å². The lowest BCUT2D eigenvalue weighted by molar-refractivity contribution is -0.131. The van der Waals surface area contributed by atoms with Gasteiger partial charge in [-0.05, 0) is 49.9 Å². The summed E-state index contributed by atoms with van der Waals surface area (Å²) in [5.41, 5.74) is 1.24. The molecule has 0 aromatic heterocycles. The van der Waals surface area contributed by atoms with E-state index >= 15 is 0 Å². The highest BCUT2D eigenvalue weighted by molar-refractivity contribution is 7.88. The van der Waals surface area contributed by atoms with Gasteiger partial charge in [0.2, 0.25) is 15.9 Å². The van der Waals surface area contributed by atoms with E-state index in [-0.39, 0.29) is 11.8 Å². The summed E-state index contributed by atoms with van der Waals surface area (Å²) in [4.78, 5) is 14.5. The molecule has 138 valence electrons. The minimum Gasteiger partial charge on any atom is -0.343 e. The Morgan fingerprint density at radius 2 is 1.96 bits per heavy atom. The number of carbonyl (C=O) groups excluding carboxylic acids is 1. The number of amides is 1. The SMILES string of the molecule is CC1=C[C@@H](CNS(C)(=O)=O)[C@H](C(C)C)C[C@H]1CC(=O)N1CCCC1. The van der Waals surface area contributed by atoms with Crippen LogP contribution in [0.3, 0.4) is 0 Å². The van der Waals surface area contributed by atoms with Crippen LogP contribution in [0.5, 0.6) is 0 Å². The molecule has 1 fully saturated rings. The first-order chi connectivity index (χ1) is 11.2. The Kier molecular flexibility index (Phi) is 6.48. The van der Waals surface area contributed by atoms with Gasteiger partial charge in [-0.3, -0.25) is 4.79 Å². The molecule has 1 amide bonds. The van der Waals surface area contributed by atoms with Crippen LogP contribution in [-0.2, 0) is 14.8 Å². The number of hydrogen-bond acceptors (Lipinski definition) is 3. The highest BCUT2D eigenvalue weighted by atomic mass is 32.2. The monoisotopic (exact) mass is 356 g/mol. The van der Waals surface area contributed by atoms with Gasteiger partial charge in [0.05, 0.1) is 6.26 Å². The Bertz CT molecular complexity index is 577. The van der Waals surface area contributed by atoms with E-state index in [1.807, 2.05) is 4.90 Å². The first-order valence-electron chi connectivity index (χ1n) is 9.08. The highest BCUT2D eigenvalue weighted by Gasteiger charge is 2.33. The van der Waals surface area contributed by atoms with Crippen LogP contribution in [0.15, 0.2) is 11.6 Å². The molecule has 0 saturated carbocycles. The summed E-state index contributed by atoms with van der Waals surface area (Å²) in [5.74, 6) is 1.64. The van der Waals surface area contributed by atoms with Crippen molar-refractivity contribution in [1.82, 2.24) is 9.62 Å². The van der Waals surface area contributed by atoms with Crippen molar-refractivity contribution >= 4 is 15.9 Å². The molecule has 1 N–H and O–H groups in total. The molecule has 5 nitrogen and oxygen atoms in total. The third-order valence-corrected chi connectivity index (χ3v) is 6.24. The van der Waals surface area contributed by atoms with E-state index in [1.165, 1.54) is 11.8 Å². The lowest BCUT2D eigenvalue weighted by atomic mass is 9.70. The summed E-state index contributed by atoms with van der Waals surface area (Å²) >= 11 is 0. The molecule has 0 spiro atoms. The van der Waals surface area contributed by atoms with Gasteiger partial charge in [0.15, 0.2) is 0 Å². The van der Waals surface area contributed by atoms with Gasteiger partial charge in [-0.15, -0.1) is 0 Å². The normalized spacial score (nSPS) is 28.3. The van der Waals surface area contributed by atoms with Crippen LogP contribution >= 0.6 is 0 Å². The standard InChI is InChI=1S/C18H32N2O3S/c1-13(2)17-10-15(11-18(21)20-7-5-6-8-20)14(3)9-16(17)12-19-24(4,22)23/h9,13,15-17,19H,5-8,10-12H2,1-4H3/t15-,16-,17-/m0/s1. The zero-order valence-electron chi connectivity index (χ0n) is 15.4. The number of carbonyl (C=O) groups is 1. The molecule has 2 aliphatic rings. The Balaban J connectivity index is 2.05. The van der Waals surface area contributed by atoms with Gasteiger partial charge in [0.25, 0.3) is 0 Å². The van der Waals surface area contributed by atoms with Crippen LogP contribution in [0.2, 0.25) is 0 Å². The topological polar surface area (TPSA) is 66.5 Å². The van der Waals surface area contributed by atoms with Crippen molar-refractivity contribution in [3.8, 4) is 0 Å². The molecule has 1 saturated heterocycles. The summed E-state index contributed by atoms with van der Waals surface area (Å²) in [6, 6.07) is 0. The largest absolute Gasteiger partial charge is 0.343 e. The van der Waals surface area contributed by atoms with E-state index < -0.39 is 10.0 Å². The molecule has 6 heteroatoms. The van der Waals surface area contributed by atoms with Crippen LogP contribution in [0.1, 0.15) is 46.5 Å². The quantitative estimate of drug-likeness (QED) is 0.743. The van der Waals surface area contributed by atoms with Crippen LogP contribution < -0.4 is 4.72 Å². The fraction of sp³-hybridized carbons (Fsp3) is 0.833. The van der Waals surface area contributed by atoms with Gasteiger partial charge in [-0.2, -0.15) is 0 Å². The Morgan fingerprint density at radius 3 is 2.50 bits per heavy atom. The first kappa shape index (κ1) is 19.4. The van der Waals surface area contributed by atoms with E-state index in [1.54, 1.807) is 0 Å². The third kappa shape index (κ3) is 5.31. The van der Waals surface area contributed by atoms with Crippen LogP contribution in [0.25, 0.3) is 0 Å². The zero-order chi connectivity index (χ0) is 17.9. The van der Waals surface area contributed by atoms with Crippen molar-refractivity contribution in [3.05, 3.63) is 11.6 Å². The number of nitrogens with zero attached hydrogens (tertiary/aromatic N) is 1. The maximum absolute atomic E-state index is 12.5. The van der Waals surface area contributed by atoms with Crippen LogP contribution in [0, 0.1) is 23.7 Å². The maximum Gasteiger partial charge on any atom is 0.223 e. The molecular formula is C18H32N2O3S. The predicted octanol–water partition coefficient (Wildman–Crippen LogP) is 2.40. The molecule has 1 aliphatic heterocycles. The van der Waals surface area contributed by atoms with Crippen molar-refractivity contribution in [1.29, 1.82) is 0 Å². The van der Waals surface area contributed by atoms with Crippen LogP contribution in [-0.4, -0.2) is 45.1 Å². The van der Waals surface area contributed by atoms with Gasteiger partial charge < -0.3 is 4.90 Å². The molecule has 0 aromatic carbocycles. The average Bonchev–Trinajstić information content (AvgIpc) is 3.00. The summed E-state index contributed by atoms with van der Waals surface area (Å²) in [5, 5.41) is 0. The van der Waals surface area contributed by atoms with Crippen molar-refractivity contribution in [2.75, 3.05) is 25.9 Å². The number of hydrogen-bond donors (Lipinski definition) is 1. The Labute approximate surface area is 146 Å². The number of nitrogens with one attached hydrogen (secondary N) is 1. The molecule has 0 bridgehead atoms. The predicted molar refractivity (Wildman–Crippen MR) is 97.0 cm³/mol. The number of allylic oxidation sites excluding steroid dienone is 1. The van der Waals surface area contributed by atoms with Crippen molar-refractivity contribution < 1.29 is 13.2 Å². The number of likely N-dealkylation sites (tertiary alicyclic amines) is 1. The summed E-state index contributed by atoms with van der Waals surface area (Å²) in [6.45, 7) is 8.72. The van der Waals surface area contributed by atoms with Gasteiger partial charge >= 0.3 is 0 Å². The molecule has 0 aromatic rings. The summed E-state index contributed by atoms with van der Waals surface area (Å²) in [7, 11) is -3.17. The minimum atomic E-state index is -3.17. The maximum atomic E-state index is 12.5. The Morgan fingerprint density at radius 1 is 1.33 bits per heavy atom. The fourth-order valence-electron chi connectivity index (χ4n) is 4.06. The first-order valence-corrected chi connectivity index (χ1v) is 11.0.